The average molecular weight is 285 g/mol. The molecule has 0 unspecified atom stereocenters. The number of nitrogens with one attached hydrogen (secondary N) is 1. The number of nitrogens with zero attached hydrogens (tertiary/aromatic N) is 2. The molecule has 0 aliphatic carbocycles. The van der Waals surface area contributed by atoms with Gasteiger partial charge in [-0.05, 0) is 18.2 Å². The Balaban J connectivity index is 1.72. The molecule has 3 rings (SSSR count). The molecule has 5 heteroatoms. The van der Waals surface area contributed by atoms with Crippen LogP contribution in [0.3, 0.4) is 0 Å². The molecule has 0 fully saturated rings. The zero-order chi connectivity index (χ0) is 14.7. The van der Waals surface area contributed by atoms with Crippen molar-refractivity contribution in [3.63, 3.8) is 0 Å². The van der Waals surface area contributed by atoms with E-state index in [1.54, 1.807) is 23.0 Å². The first-order valence-electron chi connectivity index (χ1n) is 6.52. The van der Waals surface area contributed by atoms with Crippen molar-refractivity contribution in [2.75, 3.05) is 5.32 Å². The van der Waals surface area contributed by atoms with Crippen molar-refractivity contribution in [2.45, 2.75) is 6.54 Å². The van der Waals surface area contributed by atoms with Gasteiger partial charge in [-0.25, -0.2) is 13.5 Å². The predicted octanol–water partition coefficient (Wildman–Crippen LogP) is 3.76. The lowest BCUT2D eigenvalue weighted by Gasteiger charge is -2.05. The van der Waals surface area contributed by atoms with Gasteiger partial charge in [0.2, 0.25) is 0 Å². The second kappa shape index (κ2) is 5.75. The van der Waals surface area contributed by atoms with Crippen LogP contribution in [0.2, 0.25) is 0 Å². The smallest absolute Gasteiger partial charge is 0.163 e. The van der Waals surface area contributed by atoms with Crippen molar-refractivity contribution >= 4 is 5.82 Å². The molecule has 0 amide bonds. The van der Waals surface area contributed by atoms with Crippen molar-refractivity contribution in [2.24, 2.45) is 0 Å². The summed E-state index contributed by atoms with van der Waals surface area (Å²) in [5, 5.41) is 7.32. The number of benzene rings is 2. The van der Waals surface area contributed by atoms with Crippen LogP contribution in [-0.4, -0.2) is 9.78 Å². The lowest BCUT2D eigenvalue weighted by Crippen LogP contribution is -2.04. The maximum Gasteiger partial charge on any atom is 0.163 e. The van der Waals surface area contributed by atoms with Crippen molar-refractivity contribution in [1.82, 2.24) is 9.78 Å². The van der Waals surface area contributed by atoms with Crippen LogP contribution in [0.4, 0.5) is 14.6 Å². The fourth-order valence-corrected chi connectivity index (χ4v) is 2.01. The van der Waals surface area contributed by atoms with Crippen molar-refractivity contribution in [3.05, 3.63) is 78.0 Å². The normalized spacial score (nSPS) is 10.6. The maximum absolute atomic E-state index is 13.5. The lowest BCUT2D eigenvalue weighted by molar-refractivity contribution is 0.500. The molecule has 3 nitrogen and oxygen atoms in total. The minimum Gasteiger partial charge on any atom is -0.364 e. The molecule has 1 heterocycles. The lowest BCUT2D eigenvalue weighted by atomic mass is 10.2. The van der Waals surface area contributed by atoms with E-state index in [9.17, 15) is 8.78 Å². The summed E-state index contributed by atoms with van der Waals surface area (Å²) >= 11 is 0. The van der Waals surface area contributed by atoms with Gasteiger partial charge in [-0.2, -0.15) is 5.10 Å². The topological polar surface area (TPSA) is 29.9 Å². The third-order valence-electron chi connectivity index (χ3n) is 3.10. The van der Waals surface area contributed by atoms with Crippen molar-refractivity contribution < 1.29 is 8.78 Å². The fourth-order valence-electron chi connectivity index (χ4n) is 2.01. The zero-order valence-electron chi connectivity index (χ0n) is 11.1. The predicted molar refractivity (Wildman–Crippen MR) is 77.2 cm³/mol. The summed E-state index contributed by atoms with van der Waals surface area (Å²) in [7, 11) is 0. The number of anilines is 1. The Morgan fingerprint density at radius 2 is 1.76 bits per heavy atom. The summed E-state index contributed by atoms with van der Waals surface area (Å²) in [5.74, 6) is -1.07. The molecule has 0 radical (unpaired) electrons. The third kappa shape index (κ3) is 2.91. The van der Waals surface area contributed by atoms with Crippen LogP contribution in [0, 0.1) is 11.6 Å². The number of rotatable bonds is 4. The SMILES string of the molecule is Fc1cccc(CNc2ccn(-c3ccccc3)n2)c1F. The summed E-state index contributed by atoms with van der Waals surface area (Å²) in [6, 6.07) is 15.5. The van der Waals surface area contributed by atoms with E-state index in [1.165, 1.54) is 6.07 Å². The maximum atomic E-state index is 13.5. The van der Waals surface area contributed by atoms with Crippen LogP contribution in [0.5, 0.6) is 0 Å². The summed E-state index contributed by atoms with van der Waals surface area (Å²) < 4.78 is 28.4. The number of hydrogen-bond acceptors (Lipinski definition) is 2. The zero-order valence-corrected chi connectivity index (χ0v) is 11.1. The van der Waals surface area contributed by atoms with Crippen LogP contribution >= 0.6 is 0 Å². The van der Waals surface area contributed by atoms with E-state index in [1.807, 2.05) is 30.3 Å². The Morgan fingerprint density at radius 1 is 0.952 bits per heavy atom. The van der Waals surface area contributed by atoms with Crippen LogP contribution < -0.4 is 5.32 Å². The summed E-state index contributed by atoms with van der Waals surface area (Å²) in [6.07, 6.45) is 1.81. The van der Waals surface area contributed by atoms with Crippen molar-refractivity contribution in [3.8, 4) is 5.69 Å². The highest BCUT2D eigenvalue weighted by atomic mass is 19.2. The quantitative estimate of drug-likeness (QED) is 0.791. The van der Waals surface area contributed by atoms with Gasteiger partial charge in [0, 0.05) is 24.4 Å². The van der Waals surface area contributed by atoms with Gasteiger partial charge in [0.25, 0.3) is 0 Å². The Bertz CT molecular complexity index is 738. The first-order chi connectivity index (χ1) is 10.2. The summed E-state index contributed by atoms with van der Waals surface area (Å²) in [6.45, 7) is 0.176. The minimum absolute atomic E-state index is 0.176. The Morgan fingerprint density at radius 3 is 2.57 bits per heavy atom. The standard InChI is InChI=1S/C16H13F2N3/c17-14-8-4-5-12(16(14)18)11-19-15-9-10-21(20-15)13-6-2-1-3-7-13/h1-10H,11H2,(H,19,20). The molecule has 1 aromatic heterocycles. The second-order valence-electron chi connectivity index (χ2n) is 4.55. The number of halogens is 2. The number of aromatic nitrogens is 2. The van der Waals surface area contributed by atoms with Crippen molar-refractivity contribution in [1.29, 1.82) is 0 Å². The van der Waals surface area contributed by atoms with Crippen LogP contribution in [0.1, 0.15) is 5.56 Å². The molecule has 0 saturated carbocycles. The first-order valence-corrected chi connectivity index (χ1v) is 6.52. The molecule has 1 N–H and O–H groups in total. The number of para-hydroxylation sites is 1. The average Bonchev–Trinajstić information content (AvgIpc) is 2.99. The molecule has 0 bridgehead atoms. The molecule has 0 aliphatic heterocycles. The molecule has 21 heavy (non-hydrogen) atoms. The van der Waals surface area contributed by atoms with E-state index >= 15 is 0 Å². The van der Waals surface area contributed by atoms with Gasteiger partial charge in [-0.1, -0.05) is 30.3 Å². The highest BCUT2D eigenvalue weighted by Gasteiger charge is 2.08. The van der Waals surface area contributed by atoms with Gasteiger partial charge in [-0.3, -0.25) is 0 Å². The van der Waals surface area contributed by atoms with E-state index in [0.29, 0.717) is 5.82 Å². The molecule has 0 saturated heterocycles. The van der Waals surface area contributed by atoms with Gasteiger partial charge in [0.1, 0.15) is 5.82 Å². The largest absolute Gasteiger partial charge is 0.364 e. The van der Waals surface area contributed by atoms with E-state index in [2.05, 4.69) is 10.4 Å². The van der Waals surface area contributed by atoms with Crippen LogP contribution in [0.25, 0.3) is 5.69 Å². The summed E-state index contributed by atoms with van der Waals surface area (Å²) in [4.78, 5) is 0. The highest BCUT2D eigenvalue weighted by molar-refractivity contribution is 5.38. The van der Waals surface area contributed by atoms with E-state index in [-0.39, 0.29) is 12.1 Å². The molecule has 0 atom stereocenters. The molecule has 0 aliphatic rings. The van der Waals surface area contributed by atoms with Crippen LogP contribution in [0.15, 0.2) is 60.8 Å². The summed E-state index contributed by atoms with van der Waals surface area (Å²) in [5.41, 5.74) is 1.20. The van der Waals surface area contributed by atoms with Gasteiger partial charge in [0.05, 0.1) is 5.69 Å². The Kier molecular flexibility index (Phi) is 3.64. The Labute approximate surface area is 120 Å². The Hall–Kier alpha value is -2.69. The van der Waals surface area contributed by atoms with E-state index in [0.717, 1.165) is 11.8 Å². The number of hydrogen-bond donors (Lipinski definition) is 1. The second-order valence-corrected chi connectivity index (χ2v) is 4.55. The molecular formula is C16H13F2N3. The van der Waals surface area contributed by atoms with Gasteiger partial charge < -0.3 is 5.32 Å². The molecule has 0 spiro atoms. The third-order valence-corrected chi connectivity index (χ3v) is 3.10. The van der Waals surface area contributed by atoms with Gasteiger partial charge >= 0.3 is 0 Å². The molecule has 2 aromatic carbocycles. The van der Waals surface area contributed by atoms with E-state index < -0.39 is 11.6 Å². The molecule has 3 aromatic rings. The molecule has 106 valence electrons. The highest BCUT2D eigenvalue weighted by Crippen LogP contribution is 2.14. The van der Waals surface area contributed by atoms with Gasteiger partial charge in [0.15, 0.2) is 11.6 Å². The van der Waals surface area contributed by atoms with E-state index in [4.69, 9.17) is 0 Å². The van der Waals surface area contributed by atoms with Crippen LogP contribution in [-0.2, 0) is 6.54 Å². The first kappa shape index (κ1) is 13.3. The minimum atomic E-state index is -0.843. The monoisotopic (exact) mass is 285 g/mol. The fraction of sp³-hybridized carbons (Fsp3) is 0.0625. The van der Waals surface area contributed by atoms with Gasteiger partial charge in [-0.15, -0.1) is 0 Å². The molecular weight excluding hydrogens is 272 g/mol.